The molecule has 1 saturated heterocycles. The smallest absolute Gasteiger partial charge is 0.352 e. The highest BCUT2D eigenvalue weighted by atomic mass is 31.2. The second-order valence-corrected chi connectivity index (χ2v) is 5.33. The van der Waals surface area contributed by atoms with Crippen molar-refractivity contribution in [3.63, 3.8) is 0 Å². The lowest BCUT2D eigenvalue weighted by atomic mass is 10.2. The van der Waals surface area contributed by atoms with Crippen LogP contribution in [-0.2, 0) is 13.8 Å². The standard InChI is InChI=1S/C9H13N2O7P/c12-7-3-4-11(9(13)10-7)8-2-1-6(18-8)5-17-19(14,15)16/h3-4,6,8H,1-2,5H2,(H,10,12,13)(H2,14,15,16)/t6-,8?/m0/s1. The van der Waals surface area contributed by atoms with Crippen LogP contribution in [0.4, 0.5) is 0 Å². The van der Waals surface area contributed by atoms with Gasteiger partial charge in [0.15, 0.2) is 0 Å². The molecule has 2 rings (SSSR count). The summed E-state index contributed by atoms with van der Waals surface area (Å²) in [4.78, 5) is 41.7. The Hall–Kier alpha value is -1.25. The van der Waals surface area contributed by atoms with E-state index in [0.717, 1.165) is 0 Å². The van der Waals surface area contributed by atoms with Crippen LogP contribution in [-0.4, -0.2) is 32.0 Å². The van der Waals surface area contributed by atoms with E-state index < -0.39 is 31.4 Å². The Balaban J connectivity index is 2.00. The lowest BCUT2D eigenvalue weighted by Crippen LogP contribution is -2.31. The number of aromatic amines is 1. The summed E-state index contributed by atoms with van der Waals surface area (Å²) in [6, 6.07) is 1.20. The van der Waals surface area contributed by atoms with Crippen LogP contribution >= 0.6 is 7.82 Å². The van der Waals surface area contributed by atoms with E-state index in [1.165, 1.54) is 16.8 Å². The highest BCUT2D eigenvalue weighted by molar-refractivity contribution is 7.46. The predicted octanol–water partition coefficient (Wildman–Crippen LogP) is -0.677. The third kappa shape index (κ3) is 3.85. The molecule has 0 saturated carbocycles. The van der Waals surface area contributed by atoms with Gasteiger partial charge in [-0.3, -0.25) is 18.9 Å². The number of nitrogens with one attached hydrogen (secondary N) is 1. The van der Waals surface area contributed by atoms with Gasteiger partial charge in [-0.05, 0) is 12.8 Å². The molecular formula is C9H13N2O7P. The van der Waals surface area contributed by atoms with E-state index in [0.29, 0.717) is 12.8 Å². The maximum absolute atomic E-state index is 11.5. The molecular weight excluding hydrogens is 279 g/mol. The van der Waals surface area contributed by atoms with Crippen molar-refractivity contribution in [2.45, 2.75) is 25.2 Å². The summed E-state index contributed by atoms with van der Waals surface area (Å²) in [6.45, 7) is -0.251. The number of aromatic nitrogens is 2. The van der Waals surface area contributed by atoms with Gasteiger partial charge in [-0.2, -0.15) is 0 Å². The number of nitrogens with zero attached hydrogens (tertiary/aromatic N) is 1. The quantitative estimate of drug-likeness (QED) is 0.627. The van der Waals surface area contributed by atoms with Crippen LogP contribution in [0.1, 0.15) is 19.1 Å². The van der Waals surface area contributed by atoms with Crippen LogP contribution in [0.3, 0.4) is 0 Å². The normalized spacial score (nSPS) is 23.7. The van der Waals surface area contributed by atoms with Crippen molar-refractivity contribution in [2.24, 2.45) is 0 Å². The minimum atomic E-state index is -4.52. The van der Waals surface area contributed by atoms with E-state index >= 15 is 0 Å². The summed E-state index contributed by atoms with van der Waals surface area (Å²) in [7, 11) is -4.52. The molecule has 1 aliphatic heterocycles. The van der Waals surface area contributed by atoms with E-state index in [-0.39, 0.29) is 6.61 Å². The summed E-state index contributed by atoms with van der Waals surface area (Å²) >= 11 is 0. The third-order valence-corrected chi connectivity index (χ3v) is 3.16. The van der Waals surface area contributed by atoms with Gasteiger partial charge in [0.05, 0.1) is 12.7 Å². The molecule has 1 aliphatic rings. The monoisotopic (exact) mass is 292 g/mol. The summed E-state index contributed by atoms with van der Waals surface area (Å²) in [5.74, 6) is 0. The van der Waals surface area contributed by atoms with Crippen LogP contribution in [0.25, 0.3) is 0 Å². The molecule has 2 atom stereocenters. The number of phosphoric ester groups is 1. The van der Waals surface area contributed by atoms with Crippen LogP contribution in [0.15, 0.2) is 21.9 Å². The largest absolute Gasteiger partial charge is 0.469 e. The van der Waals surface area contributed by atoms with Crippen LogP contribution in [0.5, 0.6) is 0 Å². The van der Waals surface area contributed by atoms with E-state index in [4.69, 9.17) is 14.5 Å². The molecule has 0 spiro atoms. The fourth-order valence-electron chi connectivity index (χ4n) is 1.85. The average Bonchev–Trinajstić information content (AvgIpc) is 2.74. The van der Waals surface area contributed by atoms with Gasteiger partial charge in [-0.25, -0.2) is 9.36 Å². The van der Waals surface area contributed by atoms with Crippen molar-refractivity contribution < 1.29 is 23.6 Å². The minimum Gasteiger partial charge on any atom is -0.352 e. The summed E-state index contributed by atoms with van der Waals surface area (Å²) in [6.07, 6.45) is 1.22. The molecule has 0 aromatic carbocycles. The van der Waals surface area contributed by atoms with Gasteiger partial charge in [0.1, 0.15) is 6.23 Å². The van der Waals surface area contributed by atoms with Gasteiger partial charge in [0.25, 0.3) is 5.56 Å². The molecule has 0 bridgehead atoms. The van der Waals surface area contributed by atoms with Crippen LogP contribution in [0.2, 0.25) is 0 Å². The van der Waals surface area contributed by atoms with E-state index in [9.17, 15) is 14.2 Å². The van der Waals surface area contributed by atoms with Gasteiger partial charge in [0, 0.05) is 12.3 Å². The Labute approximate surface area is 107 Å². The molecule has 0 radical (unpaired) electrons. The van der Waals surface area contributed by atoms with Gasteiger partial charge >= 0.3 is 13.5 Å². The predicted molar refractivity (Wildman–Crippen MR) is 62.5 cm³/mol. The van der Waals surface area contributed by atoms with Crippen molar-refractivity contribution in [3.05, 3.63) is 33.1 Å². The second-order valence-electron chi connectivity index (χ2n) is 4.09. The van der Waals surface area contributed by atoms with Gasteiger partial charge in [-0.15, -0.1) is 0 Å². The zero-order valence-corrected chi connectivity index (χ0v) is 10.7. The van der Waals surface area contributed by atoms with Crippen molar-refractivity contribution in [1.82, 2.24) is 9.55 Å². The molecule has 0 aliphatic carbocycles. The fourth-order valence-corrected chi connectivity index (χ4v) is 2.21. The average molecular weight is 292 g/mol. The summed E-state index contributed by atoms with van der Waals surface area (Å²) in [5, 5.41) is 0. The Morgan fingerprint density at radius 1 is 1.47 bits per heavy atom. The first-order chi connectivity index (χ1) is 8.85. The number of ether oxygens (including phenoxy) is 1. The van der Waals surface area contributed by atoms with Gasteiger partial charge in [0.2, 0.25) is 0 Å². The van der Waals surface area contributed by atoms with Crippen molar-refractivity contribution in [1.29, 1.82) is 0 Å². The molecule has 1 aromatic heterocycles. The molecule has 1 fully saturated rings. The Bertz CT molecular complexity index is 603. The molecule has 9 nitrogen and oxygen atoms in total. The fraction of sp³-hybridized carbons (Fsp3) is 0.556. The number of hydrogen-bond acceptors (Lipinski definition) is 5. The van der Waals surface area contributed by atoms with E-state index in [1.807, 2.05) is 0 Å². The molecule has 10 heteroatoms. The van der Waals surface area contributed by atoms with Crippen LogP contribution in [0, 0.1) is 0 Å². The van der Waals surface area contributed by atoms with Crippen molar-refractivity contribution >= 4 is 7.82 Å². The number of hydrogen-bond donors (Lipinski definition) is 3. The van der Waals surface area contributed by atoms with Crippen molar-refractivity contribution in [3.8, 4) is 0 Å². The Kier molecular flexibility index (Phi) is 4.02. The molecule has 19 heavy (non-hydrogen) atoms. The van der Waals surface area contributed by atoms with Gasteiger partial charge in [-0.1, -0.05) is 0 Å². The molecule has 2 heterocycles. The molecule has 1 unspecified atom stereocenters. The number of rotatable bonds is 4. The number of H-pyrrole nitrogens is 1. The third-order valence-electron chi connectivity index (χ3n) is 2.68. The van der Waals surface area contributed by atoms with E-state index in [2.05, 4.69) is 9.51 Å². The summed E-state index contributed by atoms with van der Waals surface area (Å²) in [5.41, 5.74) is -1.09. The molecule has 106 valence electrons. The lowest BCUT2D eigenvalue weighted by molar-refractivity contribution is -0.0243. The molecule has 0 amide bonds. The summed E-state index contributed by atoms with van der Waals surface area (Å²) < 4.78 is 21.6. The van der Waals surface area contributed by atoms with E-state index in [1.54, 1.807) is 0 Å². The zero-order valence-electron chi connectivity index (χ0n) is 9.76. The SMILES string of the molecule is O=c1ccn(C2CC[C@@H](COP(=O)(O)O)O2)c(=O)[nH]1. The second kappa shape index (κ2) is 5.40. The maximum atomic E-state index is 11.5. The molecule has 3 N–H and O–H groups in total. The first-order valence-corrected chi connectivity index (χ1v) is 7.05. The highest BCUT2D eigenvalue weighted by Crippen LogP contribution is 2.37. The zero-order chi connectivity index (χ0) is 14.0. The maximum Gasteiger partial charge on any atom is 0.469 e. The Morgan fingerprint density at radius 2 is 2.21 bits per heavy atom. The van der Waals surface area contributed by atoms with Crippen LogP contribution < -0.4 is 11.2 Å². The lowest BCUT2D eigenvalue weighted by Gasteiger charge is -2.15. The number of phosphoric acid groups is 1. The first-order valence-electron chi connectivity index (χ1n) is 5.52. The Morgan fingerprint density at radius 3 is 2.84 bits per heavy atom. The minimum absolute atomic E-state index is 0.251. The molecule has 1 aromatic rings. The first kappa shape index (κ1) is 14.2. The van der Waals surface area contributed by atoms with Gasteiger partial charge < -0.3 is 14.5 Å². The topological polar surface area (TPSA) is 131 Å². The van der Waals surface area contributed by atoms with Crippen molar-refractivity contribution in [2.75, 3.05) is 6.61 Å². The highest BCUT2D eigenvalue weighted by Gasteiger charge is 2.29.